The van der Waals surface area contributed by atoms with Crippen molar-refractivity contribution in [2.24, 2.45) is 33.8 Å². The van der Waals surface area contributed by atoms with Gasteiger partial charge in [-0.1, -0.05) is 44.5 Å². The maximum atomic E-state index is 13.9. The third-order valence-corrected chi connectivity index (χ3v) is 12.9. The van der Waals surface area contributed by atoms with E-state index in [1.165, 1.54) is 48.5 Å². The van der Waals surface area contributed by atoms with Crippen molar-refractivity contribution in [1.82, 2.24) is 47.9 Å². The Balaban J connectivity index is 2.28. The fourth-order valence-electron chi connectivity index (χ4n) is 7.63. The molecule has 2 aromatic rings. The van der Waals surface area contributed by atoms with E-state index in [0.717, 1.165) is 6.92 Å². The highest BCUT2D eigenvalue weighted by atomic mass is 32.1. The summed E-state index contributed by atoms with van der Waals surface area (Å²) >= 11 is 3.96. The maximum absolute atomic E-state index is 13.9. The predicted molar refractivity (Wildman–Crippen MR) is 300 cm³/mol. The standard InChI is InChI=1S/C51H76N14O18S/c1-4-24(2)40(65-44(76)31(6-5-17-56-51(54)55)59-43(75)32(15-16-39(72)73)58-42(74)30(52)23-84)48(80)57-21-38(71)64-41(25(3)67)49(81)63-36(22-66)47(79)61-34(20-37(53)70)46(78)60-33(18-26-7-11-28(68)12-8-26)45(77)62-35(50(82)83)19-27-9-13-29(69)14-10-27/h7-14,24-25,30-36,40-41,66-69,84H,4-6,15-23,52H2,1-3H3,(H2,53,70)(H,57,80)(H,58,74)(H,59,75)(H,60,78)(H,61,79)(H,62,77)(H,63,81)(H,64,71)(H,65,76)(H,72,73)(H,82,83)(H4,54,55,56)/t24-,25+,30-,31-,32-,33-,34-,35-,36-,40-,41-/m0/s1. The molecule has 0 heterocycles. The fraction of sp³-hybridized carbons (Fsp3) is 0.510. The molecule has 0 radical (unpaired) electrons. The smallest absolute Gasteiger partial charge is 0.326 e. The van der Waals surface area contributed by atoms with E-state index in [-0.39, 0.29) is 61.9 Å². The number of hydrogen-bond donors (Lipinski definition) is 20. The number of aliphatic imine (C=N–C) groups is 1. The third kappa shape index (κ3) is 25.5. The summed E-state index contributed by atoms with van der Waals surface area (Å²) < 4.78 is 0. The van der Waals surface area contributed by atoms with Gasteiger partial charge in [-0.05, 0) is 67.5 Å². The SMILES string of the molecule is CC[C@H](C)[C@H](NC(=O)[C@H](CCCN=C(N)N)NC(=O)[C@H](CCC(=O)O)NC(=O)[C@@H](N)CS)C(=O)NCC(=O)N[C@H](C(=O)N[C@@H](CO)C(=O)N[C@@H](CC(N)=O)C(=O)N[C@@H](Cc1ccc(O)cc1)C(=O)N[C@@H](Cc1ccc(O)cc1)C(=O)O)[C@@H](C)O. The Morgan fingerprint density at radius 3 is 1.55 bits per heavy atom. The van der Waals surface area contributed by atoms with Gasteiger partial charge in [0, 0.05) is 31.6 Å². The van der Waals surface area contributed by atoms with Crippen LogP contribution in [-0.2, 0) is 70.4 Å². The molecule has 0 unspecified atom stereocenters. The van der Waals surface area contributed by atoms with Crippen LogP contribution < -0.4 is 70.8 Å². The highest BCUT2D eigenvalue weighted by molar-refractivity contribution is 7.80. The molecule has 464 valence electrons. The summed E-state index contributed by atoms with van der Waals surface area (Å²) in [6, 6.07) is -3.78. The zero-order chi connectivity index (χ0) is 63.4. The lowest BCUT2D eigenvalue weighted by Crippen LogP contribution is -2.61. The van der Waals surface area contributed by atoms with Crippen LogP contribution in [0, 0.1) is 5.92 Å². The van der Waals surface area contributed by atoms with Gasteiger partial charge in [0.2, 0.25) is 59.1 Å². The van der Waals surface area contributed by atoms with Crippen LogP contribution in [-0.4, -0.2) is 194 Å². The summed E-state index contributed by atoms with van der Waals surface area (Å²) in [5, 5.41) is 80.2. The second kappa shape index (κ2) is 35.9. The van der Waals surface area contributed by atoms with E-state index in [1.54, 1.807) is 13.8 Å². The van der Waals surface area contributed by atoms with Crippen LogP contribution in [0.1, 0.15) is 70.4 Å². The number of nitrogens with one attached hydrogen (secondary N) is 9. The Hall–Kier alpha value is -8.82. The van der Waals surface area contributed by atoms with E-state index in [2.05, 4.69) is 65.5 Å². The summed E-state index contributed by atoms with van der Waals surface area (Å²) in [6.07, 6.45) is -4.08. The summed E-state index contributed by atoms with van der Waals surface area (Å²) in [4.78, 5) is 161. The van der Waals surface area contributed by atoms with E-state index in [9.17, 15) is 88.2 Å². The Bertz CT molecular complexity index is 2650. The summed E-state index contributed by atoms with van der Waals surface area (Å²) in [7, 11) is 0. The van der Waals surface area contributed by atoms with Gasteiger partial charge in [0.15, 0.2) is 5.96 Å². The number of carbonyl (C=O) groups excluding carboxylic acids is 10. The molecule has 2 rings (SSSR count). The van der Waals surface area contributed by atoms with E-state index in [1.807, 2.05) is 0 Å². The average Bonchev–Trinajstić information content (AvgIpc) is 3.56. The number of primary amides is 1. The summed E-state index contributed by atoms with van der Waals surface area (Å²) in [6.45, 7) is 2.19. The van der Waals surface area contributed by atoms with Crippen molar-refractivity contribution in [3.05, 3.63) is 59.7 Å². The number of hydrogen-bond acceptors (Lipinski definition) is 19. The normalized spacial score (nSPS) is 14.8. The van der Waals surface area contributed by atoms with Crippen molar-refractivity contribution < 1.29 is 88.2 Å². The number of rotatable bonds is 37. The van der Waals surface area contributed by atoms with Crippen molar-refractivity contribution >= 4 is 89.6 Å². The van der Waals surface area contributed by atoms with E-state index < -0.39 is 170 Å². The van der Waals surface area contributed by atoms with Gasteiger partial charge in [-0.3, -0.25) is 57.7 Å². The van der Waals surface area contributed by atoms with E-state index >= 15 is 0 Å². The first-order chi connectivity index (χ1) is 39.5. The van der Waals surface area contributed by atoms with E-state index in [0.29, 0.717) is 11.1 Å². The number of benzene rings is 2. The minimum atomic E-state index is -1.98. The van der Waals surface area contributed by atoms with Gasteiger partial charge in [0.1, 0.15) is 59.8 Å². The van der Waals surface area contributed by atoms with Crippen LogP contribution in [0.5, 0.6) is 11.5 Å². The molecule has 0 aliphatic heterocycles. The van der Waals surface area contributed by atoms with Gasteiger partial charge in [-0.2, -0.15) is 12.6 Å². The number of phenolic OH excluding ortho intramolecular Hbond substituents is 2. The Morgan fingerprint density at radius 1 is 0.583 bits per heavy atom. The van der Waals surface area contributed by atoms with Crippen molar-refractivity contribution in [3.63, 3.8) is 0 Å². The van der Waals surface area contributed by atoms with Gasteiger partial charge >= 0.3 is 11.9 Å². The molecule has 32 nitrogen and oxygen atoms in total. The predicted octanol–water partition coefficient (Wildman–Crippen LogP) is -6.57. The van der Waals surface area contributed by atoms with Crippen LogP contribution >= 0.6 is 12.6 Å². The molecule has 11 atom stereocenters. The summed E-state index contributed by atoms with van der Waals surface area (Å²) in [5.74, 6) is -15.0. The fourth-order valence-corrected chi connectivity index (χ4v) is 7.80. The monoisotopic (exact) mass is 1200 g/mol. The minimum Gasteiger partial charge on any atom is -0.508 e. The number of amides is 10. The number of carboxylic acid groups (broad SMARTS) is 2. The number of guanidine groups is 1. The highest BCUT2D eigenvalue weighted by Crippen LogP contribution is 2.15. The molecule has 0 spiro atoms. The lowest BCUT2D eigenvalue weighted by Gasteiger charge is -2.28. The zero-order valence-corrected chi connectivity index (χ0v) is 47.1. The molecule has 2 aromatic carbocycles. The van der Waals surface area contributed by atoms with Crippen molar-refractivity contribution in [2.75, 3.05) is 25.4 Å². The van der Waals surface area contributed by atoms with Crippen molar-refractivity contribution in [1.29, 1.82) is 0 Å². The second-order valence-electron chi connectivity index (χ2n) is 19.3. The molecule has 0 bridgehead atoms. The zero-order valence-electron chi connectivity index (χ0n) is 46.2. The first-order valence-corrected chi connectivity index (χ1v) is 26.8. The van der Waals surface area contributed by atoms with E-state index in [4.69, 9.17) is 22.9 Å². The van der Waals surface area contributed by atoms with Gasteiger partial charge in [0.25, 0.3) is 0 Å². The molecule has 0 aliphatic carbocycles. The van der Waals surface area contributed by atoms with Crippen LogP contribution in [0.3, 0.4) is 0 Å². The minimum absolute atomic E-state index is 0.0162. The Labute approximate surface area is 487 Å². The highest BCUT2D eigenvalue weighted by Gasteiger charge is 2.36. The first-order valence-electron chi connectivity index (χ1n) is 26.2. The van der Waals surface area contributed by atoms with Crippen LogP contribution in [0.25, 0.3) is 0 Å². The largest absolute Gasteiger partial charge is 0.508 e. The molecule has 0 fully saturated rings. The molecular formula is C51H76N14O18S. The number of phenols is 2. The Morgan fingerprint density at radius 2 is 1.05 bits per heavy atom. The first kappa shape index (κ1) is 71.3. The average molecular weight is 1210 g/mol. The lowest BCUT2D eigenvalue weighted by atomic mass is 9.97. The second-order valence-corrected chi connectivity index (χ2v) is 19.7. The summed E-state index contributed by atoms with van der Waals surface area (Å²) in [5.41, 5.74) is 22.7. The number of aromatic hydroxyl groups is 2. The van der Waals surface area contributed by atoms with Gasteiger partial charge in [0.05, 0.1) is 31.7 Å². The number of carboxylic acids is 2. The molecular weight excluding hydrogens is 1130 g/mol. The lowest BCUT2D eigenvalue weighted by molar-refractivity contribution is -0.142. The molecule has 0 aliphatic rings. The van der Waals surface area contributed by atoms with Gasteiger partial charge < -0.3 is 101 Å². The topological polar surface area (TPSA) is 551 Å². The number of aliphatic hydroxyl groups is 2. The number of nitrogens with two attached hydrogens (primary N) is 4. The molecule has 0 aromatic heterocycles. The van der Waals surface area contributed by atoms with Crippen LogP contribution in [0.15, 0.2) is 53.5 Å². The Kier molecular flexibility index (Phi) is 30.5. The van der Waals surface area contributed by atoms with Crippen LogP contribution in [0.4, 0.5) is 0 Å². The van der Waals surface area contributed by atoms with Crippen molar-refractivity contribution in [3.8, 4) is 11.5 Å². The molecule has 10 amide bonds. The third-order valence-electron chi connectivity index (χ3n) is 12.5. The van der Waals surface area contributed by atoms with Crippen molar-refractivity contribution in [2.45, 2.75) is 133 Å². The molecule has 0 saturated carbocycles. The number of thiol groups is 1. The number of aliphatic hydroxyl groups excluding tert-OH is 2. The quantitative estimate of drug-likeness (QED) is 0.0129. The molecule has 0 saturated heterocycles. The molecule has 33 heteroatoms. The van der Waals surface area contributed by atoms with Gasteiger partial charge in [-0.25, -0.2) is 4.79 Å². The number of nitrogens with zero attached hydrogens (tertiary/aromatic N) is 1. The maximum Gasteiger partial charge on any atom is 0.326 e. The number of aliphatic carboxylic acids is 2. The molecule has 23 N–H and O–H groups in total. The van der Waals surface area contributed by atoms with Crippen LogP contribution in [0.2, 0.25) is 0 Å². The van der Waals surface area contributed by atoms with Gasteiger partial charge in [-0.15, -0.1) is 0 Å². The number of carbonyl (C=O) groups is 12. The molecule has 84 heavy (non-hydrogen) atoms.